The van der Waals surface area contributed by atoms with E-state index in [1.807, 2.05) is 0 Å². The Bertz CT molecular complexity index is 287. The van der Waals surface area contributed by atoms with Gasteiger partial charge in [-0.2, -0.15) is 0 Å². The predicted octanol–water partition coefficient (Wildman–Crippen LogP) is -0.667. The smallest absolute Gasteiger partial charge is 0.224 e. The monoisotopic (exact) mass is 225 g/mol. The minimum absolute atomic E-state index is 0.114. The average Bonchev–Trinajstić information content (AvgIpc) is 2.77. The average molecular weight is 225 g/mol. The summed E-state index contributed by atoms with van der Waals surface area (Å²) >= 11 is 0. The molecule has 0 bridgehead atoms. The van der Waals surface area contributed by atoms with Gasteiger partial charge in [0.25, 0.3) is 0 Å². The van der Waals surface area contributed by atoms with E-state index in [4.69, 9.17) is 0 Å². The molecule has 0 spiro atoms. The topological polar surface area (TPSA) is 61.4 Å². The number of hydrogen-bond acceptors (Lipinski definition) is 3. The third-order valence-electron chi connectivity index (χ3n) is 3.40. The quantitative estimate of drug-likeness (QED) is 0.655. The molecule has 0 aromatic heterocycles. The van der Waals surface area contributed by atoms with E-state index in [-0.39, 0.29) is 23.8 Å². The second-order valence-corrected chi connectivity index (χ2v) is 4.71. The lowest BCUT2D eigenvalue weighted by Gasteiger charge is -2.30. The molecule has 2 fully saturated rings. The first-order valence-corrected chi connectivity index (χ1v) is 5.92. The molecule has 16 heavy (non-hydrogen) atoms. The maximum absolute atomic E-state index is 11.8. The van der Waals surface area contributed by atoms with Gasteiger partial charge in [0.2, 0.25) is 11.8 Å². The Morgan fingerprint density at radius 3 is 2.94 bits per heavy atom. The Hall–Kier alpha value is -1.10. The van der Waals surface area contributed by atoms with Crippen molar-refractivity contribution in [3.05, 3.63) is 0 Å². The van der Waals surface area contributed by atoms with Crippen LogP contribution in [0.25, 0.3) is 0 Å². The van der Waals surface area contributed by atoms with Crippen LogP contribution in [-0.4, -0.2) is 49.4 Å². The molecule has 5 nitrogen and oxygen atoms in total. The summed E-state index contributed by atoms with van der Waals surface area (Å²) in [4.78, 5) is 24.8. The normalized spacial score (nSPS) is 30.6. The van der Waals surface area contributed by atoms with Crippen LogP contribution in [-0.2, 0) is 9.59 Å². The minimum atomic E-state index is 0.114. The third-order valence-corrected chi connectivity index (χ3v) is 3.40. The second-order valence-electron chi connectivity index (χ2n) is 4.71. The first-order chi connectivity index (χ1) is 7.66. The molecule has 0 radical (unpaired) electrons. The Kier molecular flexibility index (Phi) is 3.43. The summed E-state index contributed by atoms with van der Waals surface area (Å²) in [5.41, 5.74) is 0. The van der Waals surface area contributed by atoms with E-state index in [0.717, 1.165) is 25.9 Å². The minimum Gasteiger partial charge on any atom is -0.351 e. The van der Waals surface area contributed by atoms with Crippen molar-refractivity contribution in [2.24, 2.45) is 5.92 Å². The van der Waals surface area contributed by atoms with E-state index < -0.39 is 0 Å². The fraction of sp³-hybridized carbons (Fsp3) is 0.818. The Balaban J connectivity index is 1.80. The van der Waals surface area contributed by atoms with Gasteiger partial charge in [0.15, 0.2) is 0 Å². The summed E-state index contributed by atoms with van der Waals surface area (Å²) in [5, 5.41) is 6.22. The Labute approximate surface area is 95.6 Å². The summed E-state index contributed by atoms with van der Waals surface area (Å²) in [6, 6.07) is 0.135. The van der Waals surface area contributed by atoms with Gasteiger partial charge in [-0.3, -0.25) is 9.59 Å². The molecule has 0 aliphatic carbocycles. The summed E-state index contributed by atoms with van der Waals surface area (Å²) in [6.07, 6.45) is 2.24. The van der Waals surface area contributed by atoms with Crippen LogP contribution < -0.4 is 10.6 Å². The lowest BCUT2D eigenvalue weighted by Crippen LogP contribution is -2.50. The molecule has 2 rings (SSSR count). The maximum Gasteiger partial charge on any atom is 0.224 e. The summed E-state index contributed by atoms with van der Waals surface area (Å²) in [7, 11) is 1.79. The summed E-state index contributed by atoms with van der Waals surface area (Å²) in [5.74, 6) is 0.425. The highest BCUT2D eigenvalue weighted by Crippen LogP contribution is 2.12. The highest BCUT2D eigenvalue weighted by Gasteiger charge is 2.28. The van der Waals surface area contributed by atoms with Crippen LogP contribution >= 0.6 is 0 Å². The number of hydrogen-bond donors (Lipinski definition) is 2. The molecule has 0 saturated carbocycles. The van der Waals surface area contributed by atoms with Crippen LogP contribution in [0.2, 0.25) is 0 Å². The molecule has 2 aliphatic rings. The van der Waals surface area contributed by atoms with Crippen molar-refractivity contribution in [2.75, 3.05) is 26.7 Å². The van der Waals surface area contributed by atoms with E-state index in [2.05, 4.69) is 10.6 Å². The van der Waals surface area contributed by atoms with E-state index >= 15 is 0 Å². The van der Waals surface area contributed by atoms with Crippen LogP contribution in [0, 0.1) is 5.92 Å². The molecule has 2 N–H and O–H groups in total. The fourth-order valence-corrected chi connectivity index (χ4v) is 2.33. The van der Waals surface area contributed by atoms with Gasteiger partial charge in [-0.15, -0.1) is 0 Å². The molecule has 2 atom stereocenters. The standard InChI is InChI=1S/C11H19N3O2/c1-14-7-9(2-3-10(14)15)13-11(16)8-4-5-12-6-8/h8-9,12H,2-7H2,1H3,(H,13,16). The van der Waals surface area contributed by atoms with Crippen molar-refractivity contribution in [1.29, 1.82) is 0 Å². The first-order valence-electron chi connectivity index (χ1n) is 5.92. The molecule has 5 heteroatoms. The lowest BCUT2D eigenvalue weighted by atomic mass is 10.0. The van der Waals surface area contributed by atoms with Crippen molar-refractivity contribution >= 4 is 11.8 Å². The van der Waals surface area contributed by atoms with E-state index in [0.29, 0.717) is 13.0 Å². The van der Waals surface area contributed by atoms with Crippen molar-refractivity contribution < 1.29 is 9.59 Å². The van der Waals surface area contributed by atoms with Crippen molar-refractivity contribution in [2.45, 2.75) is 25.3 Å². The second kappa shape index (κ2) is 4.82. The number of nitrogens with one attached hydrogen (secondary N) is 2. The molecule has 0 aromatic carbocycles. The van der Waals surface area contributed by atoms with Gasteiger partial charge >= 0.3 is 0 Å². The van der Waals surface area contributed by atoms with Crippen LogP contribution in [0.1, 0.15) is 19.3 Å². The molecule has 90 valence electrons. The van der Waals surface area contributed by atoms with Crippen molar-refractivity contribution in [3.63, 3.8) is 0 Å². The number of piperidine rings is 1. The van der Waals surface area contributed by atoms with Gasteiger partial charge in [0.1, 0.15) is 0 Å². The maximum atomic E-state index is 11.8. The number of amides is 2. The molecule has 2 unspecified atom stereocenters. The van der Waals surface area contributed by atoms with E-state index in [9.17, 15) is 9.59 Å². The SMILES string of the molecule is CN1CC(NC(=O)C2CCNC2)CCC1=O. The van der Waals surface area contributed by atoms with Crippen molar-refractivity contribution in [1.82, 2.24) is 15.5 Å². The molecule has 2 amide bonds. The fourth-order valence-electron chi connectivity index (χ4n) is 2.33. The van der Waals surface area contributed by atoms with E-state index in [1.165, 1.54) is 0 Å². The van der Waals surface area contributed by atoms with Gasteiger partial charge in [-0.1, -0.05) is 0 Å². The molecular formula is C11H19N3O2. The predicted molar refractivity (Wildman–Crippen MR) is 59.8 cm³/mol. The number of rotatable bonds is 2. The number of carbonyl (C=O) groups is 2. The zero-order valence-corrected chi connectivity index (χ0v) is 9.66. The third kappa shape index (κ3) is 2.52. The highest BCUT2D eigenvalue weighted by atomic mass is 16.2. The Morgan fingerprint density at radius 1 is 1.50 bits per heavy atom. The van der Waals surface area contributed by atoms with Gasteiger partial charge in [0, 0.05) is 32.6 Å². The molecule has 2 heterocycles. The van der Waals surface area contributed by atoms with Crippen LogP contribution in [0.15, 0.2) is 0 Å². The van der Waals surface area contributed by atoms with Crippen molar-refractivity contribution in [3.8, 4) is 0 Å². The van der Waals surface area contributed by atoms with Crippen LogP contribution in [0.4, 0.5) is 0 Å². The highest BCUT2D eigenvalue weighted by molar-refractivity contribution is 5.80. The first kappa shape index (κ1) is 11.4. The summed E-state index contributed by atoms with van der Waals surface area (Å²) in [6.45, 7) is 2.36. The summed E-state index contributed by atoms with van der Waals surface area (Å²) < 4.78 is 0. The number of nitrogens with zero attached hydrogens (tertiary/aromatic N) is 1. The molecule has 2 aliphatic heterocycles. The van der Waals surface area contributed by atoms with Gasteiger partial charge in [-0.25, -0.2) is 0 Å². The number of carbonyl (C=O) groups excluding carboxylic acids is 2. The molecule has 2 saturated heterocycles. The van der Waals surface area contributed by atoms with Gasteiger partial charge < -0.3 is 15.5 Å². The van der Waals surface area contributed by atoms with Crippen LogP contribution in [0.5, 0.6) is 0 Å². The number of likely N-dealkylation sites (N-methyl/N-ethyl adjacent to an activating group) is 1. The zero-order chi connectivity index (χ0) is 11.5. The van der Waals surface area contributed by atoms with Gasteiger partial charge in [0.05, 0.1) is 5.92 Å². The van der Waals surface area contributed by atoms with Gasteiger partial charge in [-0.05, 0) is 19.4 Å². The zero-order valence-electron chi connectivity index (χ0n) is 9.66. The van der Waals surface area contributed by atoms with Crippen LogP contribution in [0.3, 0.4) is 0 Å². The van der Waals surface area contributed by atoms with E-state index in [1.54, 1.807) is 11.9 Å². The largest absolute Gasteiger partial charge is 0.351 e. The molecule has 0 aromatic rings. The lowest BCUT2D eigenvalue weighted by molar-refractivity contribution is -0.134. The molecular weight excluding hydrogens is 206 g/mol. The Morgan fingerprint density at radius 2 is 2.31 bits per heavy atom. The number of likely N-dealkylation sites (tertiary alicyclic amines) is 1.